The minimum absolute atomic E-state index is 0.249. The van der Waals surface area contributed by atoms with Crippen LogP contribution in [0.15, 0.2) is 6.58 Å². The first-order chi connectivity index (χ1) is 7.61. The number of hydrogen-bond acceptors (Lipinski definition) is 3. The molecule has 0 aliphatic carbocycles. The Morgan fingerprint density at radius 3 is 2.62 bits per heavy atom. The van der Waals surface area contributed by atoms with Crippen LogP contribution in [0.1, 0.15) is 32.6 Å². The number of cyclic esters (lactones) is 1. The third kappa shape index (κ3) is 1.24. The lowest BCUT2D eigenvalue weighted by atomic mass is 9.93. The van der Waals surface area contributed by atoms with Crippen molar-refractivity contribution >= 4 is 12.0 Å². The molecule has 1 heterocycles. The molecule has 84 valence electrons. The molecule has 0 N–H and O–H groups in total. The van der Waals surface area contributed by atoms with Crippen LogP contribution < -0.4 is 4.74 Å². The van der Waals surface area contributed by atoms with Gasteiger partial charge in [0, 0.05) is 11.1 Å². The first-order valence-electron chi connectivity index (χ1n) is 5.11. The van der Waals surface area contributed by atoms with Gasteiger partial charge in [0.2, 0.25) is 0 Å². The number of fused-ring (bicyclic) bond motifs is 1. The van der Waals surface area contributed by atoms with Crippen molar-refractivity contribution in [3.63, 3.8) is 0 Å². The Kier molecular flexibility index (Phi) is 2.46. The number of benzene rings is 1. The number of rotatable bonds is 2. The summed E-state index contributed by atoms with van der Waals surface area (Å²) in [7, 11) is 1.62. The van der Waals surface area contributed by atoms with Gasteiger partial charge in [-0.3, -0.25) is 0 Å². The topological polar surface area (TPSA) is 35.5 Å². The van der Waals surface area contributed by atoms with Crippen molar-refractivity contribution < 1.29 is 14.3 Å². The van der Waals surface area contributed by atoms with Gasteiger partial charge in [0.05, 0.1) is 12.7 Å². The van der Waals surface area contributed by atoms with Gasteiger partial charge in [0.1, 0.15) is 12.4 Å². The smallest absolute Gasteiger partial charge is 0.339 e. The number of ether oxygens (including phenoxy) is 2. The summed E-state index contributed by atoms with van der Waals surface area (Å²) in [6, 6.07) is 0. The fourth-order valence-corrected chi connectivity index (χ4v) is 2.23. The zero-order chi connectivity index (χ0) is 11.9. The molecule has 0 unspecified atom stereocenters. The number of hydrogen-bond donors (Lipinski definition) is 0. The van der Waals surface area contributed by atoms with Crippen molar-refractivity contribution in [2.75, 3.05) is 7.11 Å². The molecule has 0 saturated carbocycles. The normalized spacial score (nSPS) is 13.3. The maximum absolute atomic E-state index is 11.6. The molecule has 0 spiro atoms. The van der Waals surface area contributed by atoms with E-state index in [2.05, 4.69) is 6.58 Å². The number of methoxy groups -OCH3 is 1. The molecule has 0 aromatic heterocycles. The van der Waals surface area contributed by atoms with Crippen LogP contribution in [0.25, 0.3) is 6.08 Å². The SMILES string of the molecule is C=Cc1c(C)c2c(c(C)c1OC)COC2=O. The van der Waals surface area contributed by atoms with E-state index in [-0.39, 0.29) is 5.97 Å². The van der Waals surface area contributed by atoms with E-state index in [9.17, 15) is 4.79 Å². The van der Waals surface area contributed by atoms with Gasteiger partial charge in [-0.2, -0.15) is 0 Å². The van der Waals surface area contributed by atoms with Crippen LogP contribution in [0.2, 0.25) is 0 Å². The van der Waals surface area contributed by atoms with Gasteiger partial charge >= 0.3 is 5.97 Å². The van der Waals surface area contributed by atoms with Gasteiger partial charge in [-0.05, 0) is 25.0 Å². The van der Waals surface area contributed by atoms with Crippen LogP contribution in [-0.2, 0) is 11.3 Å². The fourth-order valence-electron chi connectivity index (χ4n) is 2.23. The first kappa shape index (κ1) is 10.7. The quantitative estimate of drug-likeness (QED) is 0.716. The second-order valence-electron chi connectivity index (χ2n) is 3.83. The second kappa shape index (κ2) is 3.67. The lowest BCUT2D eigenvalue weighted by Crippen LogP contribution is -2.03. The maximum Gasteiger partial charge on any atom is 0.339 e. The molecular weight excluding hydrogens is 204 g/mol. The van der Waals surface area contributed by atoms with E-state index in [0.717, 1.165) is 28.0 Å². The Morgan fingerprint density at radius 2 is 2.06 bits per heavy atom. The monoisotopic (exact) mass is 218 g/mol. The van der Waals surface area contributed by atoms with E-state index in [1.807, 2.05) is 13.8 Å². The van der Waals surface area contributed by atoms with Gasteiger partial charge in [-0.15, -0.1) is 0 Å². The van der Waals surface area contributed by atoms with Crippen LogP contribution >= 0.6 is 0 Å². The average molecular weight is 218 g/mol. The van der Waals surface area contributed by atoms with Crippen molar-refractivity contribution in [3.05, 3.63) is 34.4 Å². The van der Waals surface area contributed by atoms with Crippen LogP contribution in [-0.4, -0.2) is 13.1 Å². The summed E-state index contributed by atoms with van der Waals surface area (Å²) in [4.78, 5) is 11.6. The third-order valence-electron chi connectivity index (χ3n) is 3.08. The van der Waals surface area contributed by atoms with Gasteiger partial charge in [-0.25, -0.2) is 4.79 Å². The molecule has 0 amide bonds. The van der Waals surface area contributed by atoms with Crippen molar-refractivity contribution in [3.8, 4) is 5.75 Å². The van der Waals surface area contributed by atoms with E-state index in [0.29, 0.717) is 12.2 Å². The Bertz CT molecular complexity index is 483. The summed E-state index contributed by atoms with van der Waals surface area (Å²) in [5, 5.41) is 0. The number of esters is 1. The summed E-state index contributed by atoms with van der Waals surface area (Å²) in [5.74, 6) is 0.533. The van der Waals surface area contributed by atoms with Crippen molar-refractivity contribution in [2.24, 2.45) is 0 Å². The zero-order valence-corrected chi connectivity index (χ0v) is 9.72. The maximum atomic E-state index is 11.6. The summed E-state index contributed by atoms with van der Waals surface area (Å²) in [5.41, 5.74) is 4.33. The van der Waals surface area contributed by atoms with Crippen LogP contribution in [0.5, 0.6) is 5.75 Å². The third-order valence-corrected chi connectivity index (χ3v) is 3.08. The fraction of sp³-hybridized carbons (Fsp3) is 0.308. The Labute approximate surface area is 94.7 Å². The van der Waals surface area contributed by atoms with Gasteiger partial charge < -0.3 is 9.47 Å². The summed E-state index contributed by atoms with van der Waals surface area (Å²) < 4.78 is 10.4. The van der Waals surface area contributed by atoms with E-state index in [1.165, 1.54) is 0 Å². The first-order valence-corrected chi connectivity index (χ1v) is 5.11. The Hall–Kier alpha value is -1.77. The second-order valence-corrected chi connectivity index (χ2v) is 3.83. The standard InChI is InChI=1S/C13H14O3/c1-5-9-7(2)11-10(6-16-13(11)14)8(3)12(9)15-4/h5H,1,6H2,2-4H3. The molecule has 1 aliphatic heterocycles. The highest BCUT2D eigenvalue weighted by Gasteiger charge is 2.29. The largest absolute Gasteiger partial charge is 0.496 e. The molecule has 16 heavy (non-hydrogen) atoms. The highest BCUT2D eigenvalue weighted by atomic mass is 16.5. The van der Waals surface area contributed by atoms with Crippen LogP contribution in [0.4, 0.5) is 0 Å². The lowest BCUT2D eigenvalue weighted by Gasteiger charge is -2.14. The van der Waals surface area contributed by atoms with E-state index < -0.39 is 0 Å². The number of carbonyl (C=O) groups excluding carboxylic acids is 1. The Balaban J connectivity index is 2.84. The molecule has 0 atom stereocenters. The van der Waals surface area contributed by atoms with Crippen molar-refractivity contribution in [1.29, 1.82) is 0 Å². The van der Waals surface area contributed by atoms with Crippen molar-refractivity contribution in [1.82, 2.24) is 0 Å². The number of carbonyl (C=O) groups is 1. The summed E-state index contributed by atoms with van der Waals surface area (Å²) >= 11 is 0. The molecule has 1 aromatic rings. The predicted molar refractivity (Wildman–Crippen MR) is 61.7 cm³/mol. The van der Waals surface area contributed by atoms with Gasteiger partial charge in [0.15, 0.2) is 0 Å². The van der Waals surface area contributed by atoms with Crippen LogP contribution in [0.3, 0.4) is 0 Å². The van der Waals surface area contributed by atoms with E-state index in [4.69, 9.17) is 9.47 Å². The Morgan fingerprint density at radius 1 is 1.38 bits per heavy atom. The van der Waals surface area contributed by atoms with E-state index >= 15 is 0 Å². The molecule has 3 nitrogen and oxygen atoms in total. The van der Waals surface area contributed by atoms with Crippen LogP contribution in [0, 0.1) is 13.8 Å². The highest BCUT2D eigenvalue weighted by Crippen LogP contribution is 2.37. The molecule has 0 radical (unpaired) electrons. The zero-order valence-electron chi connectivity index (χ0n) is 9.72. The highest BCUT2D eigenvalue weighted by molar-refractivity contribution is 5.97. The van der Waals surface area contributed by atoms with Gasteiger partial charge in [-0.1, -0.05) is 12.7 Å². The summed E-state index contributed by atoms with van der Waals surface area (Å²) in [6.07, 6.45) is 1.72. The molecule has 3 heteroatoms. The molecule has 0 fully saturated rings. The molecule has 1 aliphatic rings. The molecule has 0 saturated heterocycles. The average Bonchev–Trinajstić information content (AvgIpc) is 2.65. The van der Waals surface area contributed by atoms with Gasteiger partial charge in [0.25, 0.3) is 0 Å². The summed E-state index contributed by atoms with van der Waals surface area (Å²) in [6.45, 7) is 7.93. The molecular formula is C13H14O3. The molecule has 0 bridgehead atoms. The predicted octanol–water partition coefficient (Wildman–Crippen LogP) is 2.63. The minimum atomic E-state index is -0.249. The minimum Gasteiger partial charge on any atom is -0.496 e. The lowest BCUT2D eigenvalue weighted by molar-refractivity contribution is 0.0534. The molecule has 2 rings (SSSR count). The van der Waals surface area contributed by atoms with E-state index in [1.54, 1.807) is 13.2 Å². The molecule has 1 aromatic carbocycles. The van der Waals surface area contributed by atoms with Crippen molar-refractivity contribution in [2.45, 2.75) is 20.5 Å².